The molecule has 1 atom stereocenters. The molecule has 1 aliphatic rings. The second kappa shape index (κ2) is 9.98. The van der Waals surface area contributed by atoms with E-state index in [1.165, 1.54) is 22.9 Å². The number of carbonyl (C=O) groups is 1. The summed E-state index contributed by atoms with van der Waals surface area (Å²) in [4.78, 5) is 19.9. The number of thioether (sulfide) groups is 1. The highest BCUT2D eigenvalue weighted by atomic mass is 32.2. The molecule has 7 heteroatoms. The normalized spacial score (nSPS) is 18.3. The standard InChI is InChI=1S/C30H31N5OS/c1-5-19-34-27(22-15-17-31-18-16-22)32-33-28(34)37-20-26(36)35-25-14-10-9-13-24(25)30(4,21-29(35,2)3)23-11-7-6-8-12-23/h5-18H,1,19-21H2,2-4H3/t30-/m1/s1. The van der Waals surface area contributed by atoms with Crippen molar-refractivity contribution >= 4 is 23.4 Å². The van der Waals surface area contributed by atoms with Crippen molar-refractivity contribution in [2.24, 2.45) is 0 Å². The summed E-state index contributed by atoms with van der Waals surface area (Å²) < 4.78 is 1.99. The highest BCUT2D eigenvalue weighted by molar-refractivity contribution is 7.99. The van der Waals surface area contributed by atoms with Gasteiger partial charge in [-0.2, -0.15) is 0 Å². The number of anilines is 1. The van der Waals surface area contributed by atoms with E-state index >= 15 is 0 Å². The molecule has 0 bridgehead atoms. The molecule has 0 unspecified atom stereocenters. The van der Waals surface area contributed by atoms with Crippen molar-refractivity contribution in [2.75, 3.05) is 10.7 Å². The van der Waals surface area contributed by atoms with Crippen molar-refractivity contribution in [3.8, 4) is 11.4 Å². The molecular formula is C30H31N5OS. The van der Waals surface area contributed by atoms with E-state index in [-0.39, 0.29) is 22.6 Å². The maximum atomic E-state index is 13.9. The molecule has 2 aromatic heterocycles. The van der Waals surface area contributed by atoms with Crippen molar-refractivity contribution < 1.29 is 4.79 Å². The molecule has 0 fully saturated rings. The Kier molecular flexibility index (Phi) is 6.73. The topological polar surface area (TPSA) is 63.9 Å². The van der Waals surface area contributed by atoms with E-state index in [0.29, 0.717) is 11.7 Å². The highest BCUT2D eigenvalue weighted by Gasteiger charge is 2.47. The quantitative estimate of drug-likeness (QED) is 0.221. The molecule has 6 nitrogen and oxygen atoms in total. The van der Waals surface area contributed by atoms with E-state index in [4.69, 9.17) is 0 Å². The smallest absolute Gasteiger partial charge is 0.237 e. The number of aromatic nitrogens is 4. The third-order valence-corrected chi connectivity index (χ3v) is 8.03. The van der Waals surface area contributed by atoms with E-state index in [9.17, 15) is 4.79 Å². The Labute approximate surface area is 222 Å². The number of carbonyl (C=O) groups excluding carboxylic acids is 1. The molecule has 5 rings (SSSR count). The van der Waals surface area contributed by atoms with Crippen LogP contribution in [0.25, 0.3) is 11.4 Å². The Bertz CT molecular complexity index is 1420. The van der Waals surface area contributed by atoms with Crippen molar-refractivity contribution in [3.05, 3.63) is 103 Å². The third-order valence-electron chi connectivity index (χ3n) is 7.08. The van der Waals surface area contributed by atoms with Gasteiger partial charge in [0, 0.05) is 41.1 Å². The Hall–Kier alpha value is -3.71. The zero-order valence-corrected chi connectivity index (χ0v) is 22.3. The van der Waals surface area contributed by atoms with Gasteiger partial charge >= 0.3 is 0 Å². The van der Waals surface area contributed by atoms with Gasteiger partial charge in [0.1, 0.15) is 0 Å². The van der Waals surface area contributed by atoms with Crippen LogP contribution >= 0.6 is 11.8 Å². The maximum absolute atomic E-state index is 13.9. The Balaban J connectivity index is 1.45. The van der Waals surface area contributed by atoms with Gasteiger partial charge in [-0.15, -0.1) is 16.8 Å². The average Bonchev–Trinajstić information content (AvgIpc) is 3.30. The summed E-state index contributed by atoms with van der Waals surface area (Å²) in [6.07, 6.45) is 6.10. The third kappa shape index (κ3) is 4.60. The van der Waals surface area contributed by atoms with Crippen molar-refractivity contribution in [2.45, 2.75) is 49.8 Å². The van der Waals surface area contributed by atoms with Crippen molar-refractivity contribution in [3.63, 3.8) is 0 Å². The first-order chi connectivity index (χ1) is 17.8. The van der Waals surface area contributed by atoms with Crippen LogP contribution in [-0.4, -0.2) is 36.9 Å². The molecule has 3 heterocycles. The number of hydrogen-bond acceptors (Lipinski definition) is 5. The monoisotopic (exact) mass is 509 g/mol. The summed E-state index contributed by atoms with van der Waals surface area (Å²) in [5.41, 5.74) is 3.75. The largest absolute Gasteiger partial charge is 0.306 e. The lowest BCUT2D eigenvalue weighted by Crippen LogP contribution is -2.56. The number of hydrogen-bond donors (Lipinski definition) is 0. The van der Waals surface area contributed by atoms with Crippen molar-refractivity contribution in [1.82, 2.24) is 19.7 Å². The van der Waals surface area contributed by atoms with Gasteiger partial charge in [-0.1, -0.05) is 73.3 Å². The van der Waals surface area contributed by atoms with Gasteiger partial charge in [-0.25, -0.2) is 0 Å². The Morgan fingerprint density at radius 3 is 2.43 bits per heavy atom. The lowest BCUT2D eigenvalue weighted by Gasteiger charge is -2.51. The Morgan fingerprint density at radius 2 is 1.70 bits per heavy atom. The van der Waals surface area contributed by atoms with Crippen LogP contribution in [0, 0.1) is 0 Å². The fraction of sp³-hybridized carbons (Fsp3) is 0.267. The van der Waals surface area contributed by atoms with E-state index < -0.39 is 0 Å². The fourth-order valence-corrected chi connectivity index (χ4v) is 6.43. The van der Waals surface area contributed by atoms with Gasteiger partial charge in [-0.05, 0) is 49.6 Å². The number of para-hydroxylation sites is 1. The van der Waals surface area contributed by atoms with Crippen LogP contribution in [0.2, 0.25) is 0 Å². The molecule has 2 aromatic carbocycles. The van der Waals surface area contributed by atoms with Crippen LogP contribution < -0.4 is 4.90 Å². The molecular weight excluding hydrogens is 478 g/mol. The molecule has 0 saturated carbocycles. The van der Waals surface area contributed by atoms with E-state index in [0.717, 1.165) is 23.5 Å². The minimum atomic E-state index is -0.381. The van der Waals surface area contributed by atoms with Gasteiger partial charge in [0.25, 0.3) is 0 Å². The summed E-state index contributed by atoms with van der Waals surface area (Å²) in [7, 11) is 0. The minimum Gasteiger partial charge on any atom is -0.306 e. The number of allylic oxidation sites excluding steroid dienone is 1. The number of fused-ring (bicyclic) bond motifs is 1. The first-order valence-electron chi connectivity index (χ1n) is 12.4. The minimum absolute atomic E-state index is 0.0520. The van der Waals surface area contributed by atoms with Crippen LogP contribution in [0.1, 0.15) is 38.3 Å². The molecule has 37 heavy (non-hydrogen) atoms. The number of amides is 1. The number of benzene rings is 2. The summed E-state index contributed by atoms with van der Waals surface area (Å²) in [6, 6.07) is 22.7. The Morgan fingerprint density at radius 1 is 1.00 bits per heavy atom. The van der Waals surface area contributed by atoms with Gasteiger partial charge in [0.05, 0.1) is 5.75 Å². The average molecular weight is 510 g/mol. The SMILES string of the molecule is C=CCn1c(SCC(=O)N2c3ccccc3[C@@](C)(c3ccccc3)CC2(C)C)nnc1-c1ccncc1. The summed E-state index contributed by atoms with van der Waals surface area (Å²) in [6.45, 7) is 11.1. The molecule has 188 valence electrons. The van der Waals surface area contributed by atoms with Gasteiger partial charge in [-0.3, -0.25) is 14.3 Å². The van der Waals surface area contributed by atoms with Gasteiger partial charge in [0.2, 0.25) is 5.91 Å². The molecule has 0 N–H and O–H groups in total. The van der Waals surface area contributed by atoms with Crippen LogP contribution in [0.15, 0.2) is 96.9 Å². The van der Waals surface area contributed by atoms with E-state index in [1.807, 2.05) is 39.8 Å². The molecule has 1 amide bonds. The zero-order chi connectivity index (χ0) is 26.0. The van der Waals surface area contributed by atoms with Crippen molar-refractivity contribution in [1.29, 1.82) is 0 Å². The van der Waals surface area contributed by atoms with Gasteiger partial charge in [0.15, 0.2) is 11.0 Å². The molecule has 0 spiro atoms. The lowest BCUT2D eigenvalue weighted by atomic mass is 9.65. The predicted octanol–water partition coefficient (Wildman–Crippen LogP) is 6.14. The van der Waals surface area contributed by atoms with E-state index in [1.54, 1.807) is 12.4 Å². The molecule has 0 saturated heterocycles. The predicted molar refractivity (Wildman–Crippen MR) is 150 cm³/mol. The van der Waals surface area contributed by atoms with Crippen LogP contribution in [0.4, 0.5) is 5.69 Å². The van der Waals surface area contributed by atoms with Crippen LogP contribution in [0.3, 0.4) is 0 Å². The molecule has 1 aliphatic heterocycles. The second-order valence-electron chi connectivity index (χ2n) is 10.2. The number of rotatable bonds is 7. The summed E-state index contributed by atoms with van der Waals surface area (Å²) in [5, 5.41) is 9.50. The molecule has 0 aliphatic carbocycles. The van der Waals surface area contributed by atoms with Crippen LogP contribution in [-0.2, 0) is 16.8 Å². The van der Waals surface area contributed by atoms with Gasteiger partial charge < -0.3 is 4.90 Å². The van der Waals surface area contributed by atoms with Crippen LogP contribution in [0.5, 0.6) is 0 Å². The zero-order valence-electron chi connectivity index (χ0n) is 21.5. The second-order valence-corrected chi connectivity index (χ2v) is 11.1. The molecule has 0 radical (unpaired) electrons. The van der Waals surface area contributed by atoms with E-state index in [2.05, 4.69) is 85.0 Å². The lowest BCUT2D eigenvalue weighted by molar-refractivity contribution is -0.117. The summed E-state index contributed by atoms with van der Waals surface area (Å²) in [5.74, 6) is 1.04. The number of pyridine rings is 1. The highest BCUT2D eigenvalue weighted by Crippen LogP contribution is 2.50. The maximum Gasteiger partial charge on any atom is 0.237 e. The first kappa shape index (κ1) is 25.0. The first-order valence-corrected chi connectivity index (χ1v) is 13.4. The number of nitrogens with zero attached hydrogens (tertiary/aromatic N) is 5. The molecule has 4 aromatic rings. The fourth-order valence-electron chi connectivity index (χ4n) is 5.63. The summed E-state index contributed by atoms with van der Waals surface area (Å²) >= 11 is 1.41.